The number of aromatic amines is 1. The molecule has 0 bridgehead atoms. The van der Waals surface area contributed by atoms with Gasteiger partial charge in [0.2, 0.25) is 0 Å². The monoisotopic (exact) mass is 820 g/mol. The van der Waals surface area contributed by atoms with Gasteiger partial charge in [-0.1, -0.05) is 72.3 Å². The van der Waals surface area contributed by atoms with Gasteiger partial charge >= 0.3 is 0 Å². The average Bonchev–Trinajstić information content (AvgIpc) is 3.22. The predicted octanol–water partition coefficient (Wildman–Crippen LogP) is 9.69. The van der Waals surface area contributed by atoms with E-state index in [1.807, 2.05) is 69.3 Å². The zero-order valence-electron chi connectivity index (χ0n) is 34.1. The van der Waals surface area contributed by atoms with Crippen molar-refractivity contribution in [3.8, 4) is 0 Å². The number of rotatable bonds is 14. The first-order valence-electron chi connectivity index (χ1n) is 20.3. The second kappa shape index (κ2) is 19.8. The third-order valence-corrected chi connectivity index (χ3v) is 13.1. The summed E-state index contributed by atoms with van der Waals surface area (Å²) in [5, 5.41) is 12.0. The number of fused-ring (bicyclic) bond motifs is 1. The number of halogens is 2. The van der Waals surface area contributed by atoms with Gasteiger partial charge in [0.05, 0.1) is 16.2 Å². The van der Waals surface area contributed by atoms with Crippen LogP contribution in [0.25, 0.3) is 10.9 Å². The van der Waals surface area contributed by atoms with Gasteiger partial charge in [-0.05, 0) is 154 Å². The van der Waals surface area contributed by atoms with E-state index in [9.17, 15) is 27.1 Å². The molecule has 0 saturated carbocycles. The summed E-state index contributed by atoms with van der Waals surface area (Å²) in [6.07, 6.45) is 3.85. The predicted molar refractivity (Wildman–Crippen MR) is 231 cm³/mol. The lowest BCUT2D eigenvalue weighted by Crippen LogP contribution is -2.42. The quantitative estimate of drug-likeness (QED) is 0.106. The number of sulfone groups is 1. The van der Waals surface area contributed by atoms with E-state index in [0.29, 0.717) is 29.9 Å². The summed E-state index contributed by atoms with van der Waals surface area (Å²) in [6, 6.07) is 35.2. The second-order valence-corrected chi connectivity index (χ2v) is 17.8. The van der Waals surface area contributed by atoms with Crippen LogP contribution in [0, 0.1) is 32.4 Å². The number of nitrogens with one attached hydrogen (secondary N) is 1. The maximum atomic E-state index is 13.4. The van der Waals surface area contributed by atoms with Gasteiger partial charge < -0.3 is 19.7 Å². The van der Waals surface area contributed by atoms with Crippen LogP contribution in [0.3, 0.4) is 0 Å². The minimum atomic E-state index is -3.33. The highest BCUT2D eigenvalue weighted by atomic mass is 32.2. The molecule has 7 nitrogen and oxygen atoms in total. The van der Waals surface area contributed by atoms with Gasteiger partial charge in [-0.15, -0.1) is 0 Å². The number of hydrogen-bond donors (Lipinski definition) is 2. The van der Waals surface area contributed by atoms with E-state index < -0.39 is 15.4 Å². The molecule has 1 aliphatic heterocycles. The van der Waals surface area contributed by atoms with Crippen LogP contribution < -0.4 is 5.56 Å². The Bertz CT molecular complexity index is 2400. The number of likely N-dealkylation sites (tertiary alicyclic amines) is 1. The summed E-state index contributed by atoms with van der Waals surface area (Å²) in [5.41, 5.74) is 6.59. The number of pyridine rings is 1. The first kappa shape index (κ1) is 43.6. The van der Waals surface area contributed by atoms with Crippen LogP contribution in [0.15, 0.2) is 131 Å². The molecule has 6 aromatic rings. The number of aryl methyl sites for hydroxylation is 4. The van der Waals surface area contributed by atoms with Crippen molar-refractivity contribution in [2.45, 2.75) is 75.9 Å². The molecular weight excluding hydrogens is 767 g/mol. The van der Waals surface area contributed by atoms with Crippen molar-refractivity contribution in [1.29, 1.82) is 0 Å². The summed E-state index contributed by atoms with van der Waals surface area (Å²) in [5.74, 6) is -0.560. The van der Waals surface area contributed by atoms with E-state index in [4.69, 9.17) is 4.74 Å². The van der Waals surface area contributed by atoms with Crippen LogP contribution in [-0.4, -0.2) is 55.4 Å². The summed E-state index contributed by atoms with van der Waals surface area (Å²) in [7, 11) is -3.33. The number of unbranched alkanes of at least 4 members (excludes halogenated alkanes) is 1. The second-order valence-electron chi connectivity index (χ2n) is 15.7. The molecule has 0 radical (unpaired) electrons. The van der Waals surface area contributed by atoms with Crippen molar-refractivity contribution in [3.63, 3.8) is 0 Å². The number of ether oxygens (including phenoxy) is 1. The number of H-pyrrole nitrogens is 1. The first-order chi connectivity index (χ1) is 28.3. The Kier molecular flexibility index (Phi) is 14.6. The Balaban J connectivity index is 0.000000204. The SMILES string of the molecule is Cc1ccc(S(=O)(=O)CCCc2cc3cc(C)c(C)cc3[nH]c2=O)cc1.OC1(c2ccccc2)CCN(CCCCOC(c2ccc(F)cc2)c2ccc(F)cc2)CC1. The molecule has 10 heteroatoms. The van der Waals surface area contributed by atoms with E-state index in [0.717, 1.165) is 89.6 Å². The lowest BCUT2D eigenvalue weighted by atomic mass is 9.84. The fourth-order valence-corrected chi connectivity index (χ4v) is 8.82. The fraction of sp³-hybridized carbons (Fsp3) is 0.327. The van der Waals surface area contributed by atoms with Gasteiger partial charge in [-0.3, -0.25) is 4.79 Å². The smallest absolute Gasteiger partial charge is 0.251 e. The normalized spacial score (nSPS) is 14.3. The fourth-order valence-electron chi connectivity index (χ4n) is 7.51. The minimum Gasteiger partial charge on any atom is -0.385 e. The lowest BCUT2D eigenvalue weighted by Gasteiger charge is -2.38. The van der Waals surface area contributed by atoms with Crippen LogP contribution in [0.4, 0.5) is 8.78 Å². The maximum Gasteiger partial charge on any atom is 0.251 e. The molecule has 1 saturated heterocycles. The molecular formula is C49H54F2N2O5S. The van der Waals surface area contributed by atoms with Gasteiger partial charge in [0.25, 0.3) is 5.56 Å². The van der Waals surface area contributed by atoms with Gasteiger partial charge in [0.15, 0.2) is 9.84 Å². The topological polar surface area (TPSA) is 99.7 Å². The molecule has 0 aliphatic carbocycles. The van der Waals surface area contributed by atoms with E-state index in [1.54, 1.807) is 48.5 Å². The highest BCUT2D eigenvalue weighted by molar-refractivity contribution is 7.91. The van der Waals surface area contributed by atoms with Crippen LogP contribution in [0.1, 0.15) is 77.2 Å². The van der Waals surface area contributed by atoms with Gasteiger partial charge in [-0.25, -0.2) is 17.2 Å². The van der Waals surface area contributed by atoms with Crippen LogP contribution in [-0.2, 0) is 26.6 Å². The summed E-state index contributed by atoms with van der Waals surface area (Å²) in [4.78, 5) is 17.9. The molecule has 0 amide bonds. The van der Waals surface area contributed by atoms with Crippen LogP contribution >= 0.6 is 0 Å². The van der Waals surface area contributed by atoms with Crippen molar-refractivity contribution < 1.29 is 27.0 Å². The third kappa shape index (κ3) is 11.8. The Hall–Kier alpha value is -5.00. The minimum absolute atomic E-state index is 0.0282. The van der Waals surface area contributed by atoms with E-state index >= 15 is 0 Å². The molecule has 0 spiro atoms. The van der Waals surface area contributed by atoms with Crippen molar-refractivity contribution in [2.24, 2.45) is 0 Å². The number of nitrogens with zero attached hydrogens (tertiary/aromatic N) is 1. The molecule has 1 fully saturated rings. The lowest BCUT2D eigenvalue weighted by molar-refractivity contribution is -0.0266. The maximum absolute atomic E-state index is 13.4. The molecule has 2 N–H and O–H groups in total. The molecule has 59 heavy (non-hydrogen) atoms. The highest BCUT2D eigenvalue weighted by Gasteiger charge is 2.33. The molecule has 0 unspecified atom stereocenters. The molecule has 2 heterocycles. The summed E-state index contributed by atoms with van der Waals surface area (Å²) >= 11 is 0. The zero-order chi connectivity index (χ0) is 42.0. The van der Waals surface area contributed by atoms with Crippen LogP contribution in [0.5, 0.6) is 0 Å². The van der Waals surface area contributed by atoms with Gasteiger partial charge in [-0.2, -0.15) is 0 Å². The van der Waals surface area contributed by atoms with Crippen molar-refractivity contribution >= 4 is 20.7 Å². The molecule has 1 aromatic heterocycles. The number of benzene rings is 5. The molecule has 5 aromatic carbocycles. The summed E-state index contributed by atoms with van der Waals surface area (Å²) < 4.78 is 57.8. The zero-order valence-corrected chi connectivity index (χ0v) is 34.9. The first-order valence-corrected chi connectivity index (χ1v) is 22.0. The standard InChI is InChI=1S/C28H31F2NO2.C21H23NO3S/c29-25-12-8-22(9-13-25)27(23-10-14-26(30)15-11-23)33-21-5-4-18-31-19-16-28(32,17-20-31)24-6-2-1-3-7-24;1-14-6-8-19(9-7-14)26(24,25)10-4-5-17-13-18-11-15(2)16(3)12-20(18)22-21(17)23/h1-3,6-15,27,32H,4-5,16-21H2;6-9,11-13H,4-5,10H2,1-3H3,(H,22,23). The molecule has 0 atom stereocenters. The third-order valence-electron chi connectivity index (χ3n) is 11.3. The van der Waals surface area contributed by atoms with Crippen molar-refractivity contribution in [2.75, 3.05) is 32.0 Å². The largest absolute Gasteiger partial charge is 0.385 e. The van der Waals surface area contributed by atoms with Crippen molar-refractivity contribution in [1.82, 2.24) is 9.88 Å². The van der Waals surface area contributed by atoms with Crippen molar-refractivity contribution in [3.05, 3.63) is 182 Å². The van der Waals surface area contributed by atoms with E-state index in [1.165, 1.54) is 24.3 Å². The highest BCUT2D eigenvalue weighted by Crippen LogP contribution is 2.33. The number of aromatic nitrogens is 1. The Morgan fingerprint density at radius 1 is 0.763 bits per heavy atom. The number of piperidine rings is 1. The number of aliphatic hydroxyl groups is 1. The summed E-state index contributed by atoms with van der Waals surface area (Å²) in [6.45, 7) is 9.24. The van der Waals surface area contributed by atoms with Gasteiger partial charge in [0, 0.05) is 30.8 Å². The molecule has 310 valence electrons. The van der Waals surface area contributed by atoms with Crippen LogP contribution in [0.2, 0.25) is 0 Å². The van der Waals surface area contributed by atoms with E-state index in [-0.39, 0.29) is 29.1 Å². The Morgan fingerprint density at radius 3 is 1.97 bits per heavy atom. The average molecular weight is 821 g/mol. The van der Waals surface area contributed by atoms with Gasteiger partial charge in [0.1, 0.15) is 17.7 Å². The number of hydrogen-bond acceptors (Lipinski definition) is 6. The molecule has 1 aliphatic rings. The molecule has 7 rings (SSSR count). The Morgan fingerprint density at radius 2 is 1.36 bits per heavy atom. The Labute approximate surface area is 346 Å². The van der Waals surface area contributed by atoms with E-state index in [2.05, 4.69) is 9.88 Å².